The molecule has 2 bridgehead atoms. The zero-order valence-corrected chi connectivity index (χ0v) is 17.3. The van der Waals surface area contributed by atoms with Crippen LogP contribution in [0.4, 0.5) is 0 Å². The summed E-state index contributed by atoms with van der Waals surface area (Å²) in [5.41, 5.74) is 4.97. The number of aliphatic hydroxyl groups excluding tert-OH is 2. The average Bonchev–Trinajstić information content (AvgIpc) is 3.11. The van der Waals surface area contributed by atoms with E-state index in [1.165, 1.54) is 0 Å². The van der Waals surface area contributed by atoms with Crippen molar-refractivity contribution in [2.45, 2.75) is 24.0 Å². The van der Waals surface area contributed by atoms with Gasteiger partial charge in [-0.2, -0.15) is 0 Å². The summed E-state index contributed by atoms with van der Waals surface area (Å²) in [6, 6.07) is 24.0. The molecule has 1 aliphatic heterocycles. The number of carbonyl (C=O) groups is 2. The highest BCUT2D eigenvalue weighted by Gasteiger charge is 2.62. The molecule has 32 heavy (non-hydrogen) atoms. The minimum atomic E-state index is -1.16. The Morgan fingerprint density at radius 1 is 0.688 bits per heavy atom. The van der Waals surface area contributed by atoms with Crippen molar-refractivity contribution >= 4 is 11.8 Å². The second-order valence-electron chi connectivity index (χ2n) is 8.92. The Morgan fingerprint density at radius 3 is 1.50 bits per heavy atom. The van der Waals surface area contributed by atoms with Gasteiger partial charge in [-0.05, 0) is 27.8 Å². The van der Waals surface area contributed by atoms with Gasteiger partial charge in [0, 0.05) is 11.8 Å². The number of likely N-dealkylation sites (tertiary alicyclic amines) is 1. The van der Waals surface area contributed by atoms with Gasteiger partial charge in [0.15, 0.2) is 0 Å². The molecule has 4 aliphatic rings. The second kappa shape index (κ2) is 7.12. The first kappa shape index (κ1) is 19.4. The van der Waals surface area contributed by atoms with E-state index in [1.54, 1.807) is 24.3 Å². The Morgan fingerprint density at radius 2 is 1.09 bits per heavy atom. The number of hydrogen-bond donors (Lipinski definition) is 2. The molecule has 1 fully saturated rings. The normalized spacial score (nSPS) is 27.0. The molecule has 5 nitrogen and oxygen atoms in total. The van der Waals surface area contributed by atoms with Crippen LogP contribution in [0.5, 0.6) is 0 Å². The summed E-state index contributed by atoms with van der Waals surface area (Å²) in [4.78, 5) is 28.7. The van der Waals surface area contributed by atoms with Gasteiger partial charge in [0.1, 0.15) is 6.10 Å². The van der Waals surface area contributed by atoms with E-state index >= 15 is 0 Å². The Balaban J connectivity index is 1.47. The molecule has 3 aromatic carbocycles. The largest absolute Gasteiger partial charge is 0.394 e. The molecule has 4 atom stereocenters. The van der Waals surface area contributed by atoms with Crippen LogP contribution in [0.3, 0.4) is 0 Å². The fraction of sp³-hybridized carbons (Fsp3) is 0.259. The molecule has 0 spiro atoms. The van der Waals surface area contributed by atoms with Crippen LogP contribution in [0, 0.1) is 11.8 Å². The third kappa shape index (κ3) is 2.46. The SMILES string of the molecule is O=C1C2C3c4ccccc4C(c4ccccc43)C2C(=O)N1[C@@H](CO)[C@@H](O)c1ccccc1. The smallest absolute Gasteiger partial charge is 0.234 e. The molecule has 2 N–H and O–H groups in total. The van der Waals surface area contributed by atoms with Crippen molar-refractivity contribution in [3.63, 3.8) is 0 Å². The molecule has 160 valence electrons. The zero-order valence-electron chi connectivity index (χ0n) is 17.3. The first-order chi connectivity index (χ1) is 15.6. The van der Waals surface area contributed by atoms with Crippen LogP contribution >= 0.6 is 0 Å². The van der Waals surface area contributed by atoms with Crippen molar-refractivity contribution in [1.29, 1.82) is 0 Å². The first-order valence-corrected chi connectivity index (χ1v) is 11.0. The van der Waals surface area contributed by atoms with E-state index in [1.807, 2.05) is 30.3 Å². The van der Waals surface area contributed by atoms with Gasteiger partial charge in [0.2, 0.25) is 11.8 Å². The van der Waals surface area contributed by atoms with Gasteiger partial charge in [-0.1, -0.05) is 78.9 Å². The lowest BCUT2D eigenvalue weighted by Gasteiger charge is -2.45. The van der Waals surface area contributed by atoms with E-state index in [4.69, 9.17) is 0 Å². The third-order valence-electron chi connectivity index (χ3n) is 7.51. The van der Waals surface area contributed by atoms with Crippen molar-refractivity contribution in [2.24, 2.45) is 11.8 Å². The molecule has 3 aliphatic carbocycles. The number of benzene rings is 3. The quantitative estimate of drug-likeness (QED) is 0.630. The van der Waals surface area contributed by atoms with E-state index < -0.39 is 30.6 Å². The van der Waals surface area contributed by atoms with Crippen LogP contribution in [0.1, 0.15) is 45.8 Å². The summed E-state index contributed by atoms with van der Waals surface area (Å²) < 4.78 is 0. The predicted molar refractivity (Wildman–Crippen MR) is 118 cm³/mol. The number of rotatable bonds is 4. The van der Waals surface area contributed by atoms with Gasteiger partial charge in [0.05, 0.1) is 24.5 Å². The molecule has 3 aromatic rings. The third-order valence-corrected chi connectivity index (χ3v) is 7.51. The first-order valence-electron chi connectivity index (χ1n) is 11.0. The van der Waals surface area contributed by atoms with Crippen molar-refractivity contribution in [1.82, 2.24) is 4.90 Å². The zero-order chi connectivity index (χ0) is 22.0. The lowest BCUT2D eigenvalue weighted by molar-refractivity contribution is -0.147. The lowest BCUT2D eigenvalue weighted by Crippen LogP contribution is -2.46. The van der Waals surface area contributed by atoms with Gasteiger partial charge in [-0.15, -0.1) is 0 Å². The maximum absolute atomic E-state index is 13.8. The summed E-state index contributed by atoms with van der Waals surface area (Å²) in [7, 11) is 0. The molecular weight excluding hydrogens is 402 g/mol. The molecule has 0 aromatic heterocycles. The number of imide groups is 1. The summed E-state index contributed by atoms with van der Waals surface area (Å²) >= 11 is 0. The van der Waals surface area contributed by atoms with Crippen LogP contribution in [-0.2, 0) is 9.59 Å². The summed E-state index contributed by atoms with van der Waals surface area (Å²) in [6.45, 7) is -0.498. The molecule has 1 heterocycles. The Hall–Kier alpha value is -3.28. The van der Waals surface area contributed by atoms with Gasteiger partial charge in [-0.3, -0.25) is 14.5 Å². The van der Waals surface area contributed by atoms with Crippen LogP contribution in [0.15, 0.2) is 78.9 Å². The minimum absolute atomic E-state index is 0.202. The van der Waals surface area contributed by atoms with E-state index in [0.29, 0.717) is 5.56 Å². The fourth-order valence-corrected chi connectivity index (χ4v) is 6.22. The van der Waals surface area contributed by atoms with Gasteiger partial charge < -0.3 is 10.2 Å². The fourth-order valence-electron chi connectivity index (χ4n) is 6.22. The summed E-state index contributed by atoms with van der Waals surface area (Å²) in [5, 5.41) is 21.2. The molecular formula is C27H23NO4. The predicted octanol–water partition coefficient (Wildman–Crippen LogP) is 2.97. The Bertz CT molecular complexity index is 1110. The van der Waals surface area contributed by atoms with Gasteiger partial charge in [0.25, 0.3) is 0 Å². The monoisotopic (exact) mass is 425 g/mol. The Labute approximate surface area is 185 Å². The van der Waals surface area contributed by atoms with Crippen LogP contribution in [0.2, 0.25) is 0 Å². The minimum Gasteiger partial charge on any atom is -0.394 e. The van der Waals surface area contributed by atoms with Crippen molar-refractivity contribution < 1.29 is 19.8 Å². The average molecular weight is 425 g/mol. The standard InChI is InChI=1S/C27H23NO4/c29-14-20(25(30)15-8-2-1-3-9-15)28-26(31)23-21-16-10-4-5-11-17(16)22(24(23)27(28)32)19-13-7-6-12-18(19)21/h1-13,20-25,29-30H,14H2/t20-,21?,22?,23?,24?,25-/m0/s1. The summed E-state index contributed by atoms with van der Waals surface area (Å²) in [6.07, 6.45) is -1.16. The van der Waals surface area contributed by atoms with E-state index in [-0.39, 0.29) is 23.7 Å². The summed E-state index contributed by atoms with van der Waals surface area (Å²) in [5.74, 6) is -2.04. The topological polar surface area (TPSA) is 77.8 Å². The van der Waals surface area contributed by atoms with E-state index in [9.17, 15) is 19.8 Å². The van der Waals surface area contributed by atoms with Crippen LogP contribution < -0.4 is 0 Å². The molecule has 0 radical (unpaired) electrons. The lowest BCUT2D eigenvalue weighted by atomic mass is 9.55. The van der Waals surface area contributed by atoms with Crippen molar-refractivity contribution in [3.8, 4) is 0 Å². The molecule has 2 amide bonds. The van der Waals surface area contributed by atoms with Crippen molar-refractivity contribution in [2.75, 3.05) is 6.61 Å². The number of amides is 2. The second-order valence-corrected chi connectivity index (χ2v) is 8.92. The highest BCUT2D eigenvalue weighted by molar-refractivity contribution is 6.08. The number of carbonyl (C=O) groups excluding carboxylic acids is 2. The van der Waals surface area contributed by atoms with Crippen LogP contribution in [0.25, 0.3) is 0 Å². The van der Waals surface area contributed by atoms with E-state index in [0.717, 1.165) is 27.2 Å². The maximum Gasteiger partial charge on any atom is 0.234 e. The van der Waals surface area contributed by atoms with Crippen molar-refractivity contribution in [3.05, 3.63) is 107 Å². The number of aliphatic hydroxyl groups is 2. The number of nitrogens with zero attached hydrogens (tertiary/aromatic N) is 1. The number of hydrogen-bond acceptors (Lipinski definition) is 4. The molecule has 0 saturated carbocycles. The maximum atomic E-state index is 13.8. The molecule has 7 rings (SSSR count). The molecule has 5 heteroatoms. The Kier molecular flexibility index (Phi) is 4.32. The molecule has 2 unspecified atom stereocenters. The van der Waals surface area contributed by atoms with Crippen LogP contribution in [-0.4, -0.2) is 39.6 Å². The van der Waals surface area contributed by atoms with Gasteiger partial charge in [-0.25, -0.2) is 0 Å². The highest BCUT2D eigenvalue weighted by atomic mass is 16.3. The molecule has 1 saturated heterocycles. The highest BCUT2D eigenvalue weighted by Crippen LogP contribution is 2.61. The van der Waals surface area contributed by atoms with E-state index in [2.05, 4.69) is 24.3 Å². The van der Waals surface area contributed by atoms with Gasteiger partial charge >= 0.3 is 0 Å².